The number of rotatable bonds is 4. The second-order valence-corrected chi connectivity index (χ2v) is 9.64. The second-order valence-electron chi connectivity index (χ2n) is 9.64. The maximum absolute atomic E-state index is 14.1. The molecule has 0 bridgehead atoms. The van der Waals surface area contributed by atoms with Crippen molar-refractivity contribution in [2.24, 2.45) is 11.3 Å². The highest BCUT2D eigenvalue weighted by atomic mass is 19.2. The average molecular weight is 425 g/mol. The van der Waals surface area contributed by atoms with Gasteiger partial charge in [-0.15, -0.1) is 0 Å². The van der Waals surface area contributed by atoms with E-state index in [2.05, 4.69) is 13.8 Å². The van der Waals surface area contributed by atoms with Crippen molar-refractivity contribution in [1.29, 1.82) is 0 Å². The van der Waals surface area contributed by atoms with Crippen LogP contribution >= 0.6 is 0 Å². The van der Waals surface area contributed by atoms with Crippen LogP contribution in [0.15, 0.2) is 36.4 Å². The van der Waals surface area contributed by atoms with Crippen molar-refractivity contribution in [2.75, 3.05) is 0 Å². The first-order chi connectivity index (χ1) is 14.7. The molecule has 1 spiro atoms. The van der Waals surface area contributed by atoms with Crippen LogP contribution in [0.3, 0.4) is 0 Å². The molecule has 0 amide bonds. The van der Waals surface area contributed by atoms with E-state index in [1.165, 1.54) is 6.07 Å². The number of nitrogens with zero attached hydrogens (tertiary/aromatic N) is 1. The normalized spacial score (nSPS) is 25.1. The van der Waals surface area contributed by atoms with Gasteiger partial charge in [0.15, 0.2) is 11.6 Å². The van der Waals surface area contributed by atoms with Crippen LogP contribution in [0.5, 0.6) is 5.75 Å². The molecule has 2 fully saturated rings. The number of aromatic hydroxyl groups is 1. The Bertz CT molecular complexity index is 1200. The first kappa shape index (κ1) is 20.0. The Morgan fingerprint density at radius 1 is 1.06 bits per heavy atom. The predicted octanol–water partition coefficient (Wildman–Crippen LogP) is 6.10. The third kappa shape index (κ3) is 3.03. The molecule has 0 radical (unpaired) electrons. The number of carboxylic acid groups (broad SMARTS) is 1. The fourth-order valence-corrected chi connectivity index (χ4v) is 5.91. The Kier molecular flexibility index (Phi) is 4.40. The van der Waals surface area contributed by atoms with Gasteiger partial charge in [-0.1, -0.05) is 13.8 Å². The fourth-order valence-electron chi connectivity index (χ4n) is 5.91. The number of aliphatic carboxylic acids is 1. The van der Waals surface area contributed by atoms with E-state index in [0.29, 0.717) is 5.69 Å². The number of carbonyl (C=O) groups is 1. The van der Waals surface area contributed by atoms with E-state index in [1.807, 2.05) is 10.6 Å². The average Bonchev–Trinajstić information content (AvgIpc) is 2.96. The van der Waals surface area contributed by atoms with E-state index in [9.17, 15) is 23.8 Å². The molecular formula is C25H25F2NO3. The quantitative estimate of drug-likeness (QED) is 0.531. The molecular weight excluding hydrogens is 400 g/mol. The van der Waals surface area contributed by atoms with E-state index in [4.69, 9.17) is 0 Å². The van der Waals surface area contributed by atoms with E-state index >= 15 is 0 Å². The molecule has 1 heterocycles. The Labute approximate surface area is 179 Å². The topological polar surface area (TPSA) is 62.5 Å². The van der Waals surface area contributed by atoms with Crippen molar-refractivity contribution in [1.82, 2.24) is 4.57 Å². The molecule has 4 nitrogen and oxygen atoms in total. The van der Waals surface area contributed by atoms with Crippen LogP contribution in [-0.2, 0) is 4.79 Å². The Hall–Kier alpha value is -2.89. The van der Waals surface area contributed by atoms with Crippen molar-refractivity contribution in [2.45, 2.75) is 51.4 Å². The maximum Gasteiger partial charge on any atom is 0.306 e. The van der Waals surface area contributed by atoms with Gasteiger partial charge in [-0.3, -0.25) is 4.79 Å². The van der Waals surface area contributed by atoms with Gasteiger partial charge in [0.25, 0.3) is 0 Å². The third-order valence-corrected chi connectivity index (χ3v) is 7.21. The van der Waals surface area contributed by atoms with Crippen LogP contribution in [0.25, 0.3) is 16.6 Å². The van der Waals surface area contributed by atoms with E-state index in [0.717, 1.165) is 53.9 Å². The van der Waals surface area contributed by atoms with Crippen LogP contribution in [0, 0.1) is 23.0 Å². The Balaban J connectivity index is 1.63. The highest BCUT2D eigenvalue weighted by Crippen LogP contribution is 2.65. The SMILES string of the molecule is CC(C)c1c(C2CC3(CC(C(=O)O)C3)C2)c2cc(O)ccc2n1-c1ccc(F)c(F)c1. The van der Waals surface area contributed by atoms with Gasteiger partial charge in [-0.05, 0) is 78.8 Å². The summed E-state index contributed by atoms with van der Waals surface area (Å²) in [6.07, 6.45) is 3.29. The summed E-state index contributed by atoms with van der Waals surface area (Å²) in [4.78, 5) is 11.2. The number of carboxylic acids is 1. The zero-order valence-electron chi connectivity index (χ0n) is 17.5. The number of fused-ring (bicyclic) bond motifs is 1. The third-order valence-electron chi connectivity index (χ3n) is 7.21. The lowest BCUT2D eigenvalue weighted by Gasteiger charge is -2.57. The zero-order chi connectivity index (χ0) is 22.1. The number of aromatic nitrogens is 1. The van der Waals surface area contributed by atoms with Crippen LogP contribution in [0.4, 0.5) is 8.78 Å². The monoisotopic (exact) mass is 425 g/mol. The largest absolute Gasteiger partial charge is 0.508 e. The minimum Gasteiger partial charge on any atom is -0.508 e. The van der Waals surface area contributed by atoms with Gasteiger partial charge in [0.05, 0.1) is 11.4 Å². The summed E-state index contributed by atoms with van der Waals surface area (Å²) in [6, 6.07) is 9.10. The molecule has 162 valence electrons. The van der Waals surface area contributed by atoms with E-state index in [-0.39, 0.29) is 28.9 Å². The summed E-state index contributed by atoms with van der Waals surface area (Å²) in [5.74, 6) is -2.20. The van der Waals surface area contributed by atoms with Crippen molar-refractivity contribution >= 4 is 16.9 Å². The molecule has 2 aliphatic carbocycles. The molecule has 0 unspecified atom stereocenters. The van der Waals surface area contributed by atoms with Gasteiger partial charge in [0.1, 0.15) is 5.75 Å². The molecule has 2 N–H and O–H groups in total. The molecule has 0 atom stereocenters. The lowest BCUT2D eigenvalue weighted by Crippen LogP contribution is -2.49. The minimum atomic E-state index is -0.897. The molecule has 3 aromatic rings. The summed E-state index contributed by atoms with van der Waals surface area (Å²) in [7, 11) is 0. The van der Waals surface area contributed by atoms with Gasteiger partial charge in [0, 0.05) is 22.8 Å². The van der Waals surface area contributed by atoms with E-state index in [1.54, 1.807) is 18.2 Å². The number of benzene rings is 2. The van der Waals surface area contributed by atoms with Crippen molar-refractivity contribution in [3.05, 3.63) is 59.3 Å². The summed E-state index contributed by atoms with van der Waals surface area (Å²) in [5.41, 5.74) is 3.67. The number of phenols is 1. The van der Waals surface area contributed by atoms with Gasteiger partial charge < -0.3 is 14.8 Å². The number of phenolic OH excluding ortho intramolecular Hbond substituents is 1. The van der Waals surface area contributed by atoms with Gasteiger partial charge in [0.2, 0.25) is 0 Å². The van der Waals surface area contributed by atoms with Crippen LogP contribution < -0.4 is 0 Å². The first-order valence-corrected chi connectivity index (χ1v) is 10.7. The van der Waals surface area contributed by atoms with Crippen LogP contribution in [-0.4, -0.2) is 20.7 Å². The Morgan fingerprint density at radius 2 is 1.77 bits per heavy atom. The van der Waals surface area contributed by atoms with Crippen LogP contribution in [0.2, 0.25) is 0 Å². The molecule has 2 saturated carbocycles. The number of hydrogen-bond donors (Lipinski definition) is 2. The summed E-state index contributed by atoms with van der Waals surface area (Å²) < 4.78 is 29.7. The van der Waals surface area contributed by atoms with Crippen molar-refractivity contribution in [3.8, 4) is 11.4 Å². The highest BCUT2D eigenvalue weighted by molar-refractivity contribution is 5.89. The summed E-state index contributed by atoms with van der Waals surface area (Å²) >= 11 is 0. The van der Waals surface area contributed by atoms with Gasteiger partial charge >= 0.3 is 5.97 Å². The van der Waals surface area contributed by atoms with Gasteiger partial charge in [-0.25, -0.2) is 8.78 Å². The molecule has 31 heavy (non-hydrogen) atoms. The molecule has 5 rings (SSSR count). The number of halogens is 2. The van der Waals surface area contributed by atoms with Crippen molar-refractivity contribution in [3.63, 3.8) is 0 Å². The van der Waals surface area contributed by atoms with Crippen molar-refractivity contribution < 1.29 is 23.8 Å². The molecule has 0 aliphatic heterocycles. The predicted molar refractivity (Wildman–Crippen MR) is 114 cm³/mol. The lowest BCUT2D eigenvalue weighted by atomic mass is 9.47. The fraction of sp³-hybridized carbons (Fsp3) is 0.400. The smallest absolute Gasteiger partial charge is 0.306 e. The maximum atomic E-state index is 14.1. The molecule has 2 aromatic carbocycles. The number of hydrogen-bond acceptors (Lipinski definition) is 2. The highest BCUT2D eigenvalue weighted by Gasteiger charge is 2.55. The summed E-state index contributed by atoms with van der Waals surface area (Å²) in [6.45, 7) is 4.15. The van der Waals surface area contributed by atoms with Crippen LogP contribution in [0.1, 0.15) is 62.6 Å². The summed E-state index contributed by atoms with van der Waals surface area (Å²) in [5, 5.41) is 20.3. The molecule has 1 aromatic heterocycles. The second kappa shape index (κ2) is 6.81. The molecule has 0 saturated heterocycles. The lowest BCUT2D eigenvalue weighted by molar-refractivity contribution is -0.155. The Morgan fingerprint density at radius 3 is 2.39 bits per heavy atom. The molecule has 2 aliphatic rings. The standard InChI is InChI=1S/C25H25F2NO3/c1-13(2)23-22(14-9-25(10-14)11-15(12-25)24(30)31)18-8-17(29)4-6-21(18)28(23)16-3-5-19(26)20(27)7-16/h3-8,13-15,29H,9-12H2,1-2H3,(H,30,31). The van der Waals surface area contributed by atoms with Gasteiger partial charge in [-0.2, -0.15) is 0 Å². The zero-order valence-corrected chi connectivity index (χ0v) is 17.5. The van der Waals surface area contributed by atoms with E-state index < -0.39 is 17.6 Å². The minimum absolute atomic E-state index is 0.106. The molecule has 6 heteroatoms. The first-order valence-electron chi connectivity index (χ1n) is 10.7.